The van der Waals surface area contributed by atoms with Crippen LogP contribution >= 0.6 is 15.9 Å². The van der Waals surface area contributed by atoms with Crippen LogP contribution in [-0.4, -0.2) is 13.1 Å². The maximum atomic E-state index is 13.5. The maximum absolute atomic E-state index is 13.5. The molecule has 0 bridgehead atoms. The quantitative estimate of drug-likeness (QED) is 0.630. The molecular formula is C11H9BrFN3. The summed E-state index contributed by atoms with van der Waals surface area (Å²) in [5.41, 5.74) is 1.05. The largest absolute Gasteiger partial charge is 0.345 e. The molecule has 1 aromatic carbocycles. The van der Waals surface area contributed by atoms with E-state index in [1.165, 1.54) is 6.07 Å². The minimum absolute atomic E-state index is 0.0665. The Hall–Kier alpha value is -1.59. The SMILES string of the molecule is N#CCN(CC#N)c1cccc(F)c1CBr. The summed E-state index contributed by atoms with van der Waals surface area (Å²) in [6, 6.07) is 8.55. The van der Waals surface area contributed by atoms with Gasteiger partial charge in [-0.05, 0) is 12.1 Å². The van der Waals surface area contributed by atoms with E-state index < -0.39 is 0 Å². The zero-order valence-electron chi connectivity index (χ0n) is 8.45. The average Bonchev–Trinajstić information content (AvgIpc) is 2.28. The van der Waals surface area contributed by atoms with Gasteiger partial charge in [-0.3, -0.25) is 0 Å². The highest BCUT2D eigenvalue weighted by atomic mass is 79.9. The number of nitriles is 2. The first-order chi connectivity index (χ1) is 7.74. The molecule has 82 valence electrons. The van der Waals surface area contributed by atoms with E-state index in [0.717, 1.165) is 0 Å². The van der Waals surface area contributed by atoms with Gasteiger partial charge in [-0.15, -0.1) is 0 Å². The van der Waals surface area contributed by atoms with Crippen LogP contribution in [0.1, 0.15) is 5.56 Å². The molecular weight excluding hydrogens is 273 g/mol. The van der Waals surface area contributed by atoms with Gasteiger partial charge in [0, 0.05) is 16.6 Å². The van der Waals surface area contributed by atoms with Crippen molar-refractivity contribution in [3.05, 3.63) is 29.6 Å². The van der Waals surface area contributed by atoms with Crippen molar-refractivity contribution >= 4 is 21.6 Å². The van der Waals surface area contributed by atoms with E-state index in [4.69, 9.17) is 10.5 Å². The van der Waals surface area contributed by atoms with Gasteiger partial charge < -0.3 is 4.90 Å². The topological polar surface area (TPSA) is 50.8 Å². The second-order valence-corrected chi connectivity index (χ2v) is 3.60. The number of anilines is 1. The zero-order chi connectivity index (χ0) is 12.0. The van der Waals surface area contributed by atoms with E-state index in [2.05, 4.69) is 15.9 Å². The van der Waals surface area contributed by atoms with Crippen molar-refractivity contribution in [3.8, 4) is 12.1 Å². The first-order valence-electron chi connectivity index (χ1n) is 4.56. The predicted octanol–water partition coefficient (Wildman–Crippen LogP) is 2.57. The van der Waals surface area contributed by atoms with Crippen LogP contribution in [-0.2, 0) is 5.33 Å². The summed E-state index contributed by atoms with van der Waals surface area (Å²) in [4.78, 5) is 1.54. The Kier molecular flexibility index (Phi) is 4.75. The Morgan fingerprint density at radius 3 is 2.38 bits per heavy atom. The molecule has 0 atom stereocenters. The number of halogens is 2. The molecule has 0 aliphatic heterocycles. The van der Waals surface area contributed by atoms with Crippen molar-refractivity contribution in [1.29, 1.82) is 10.5 Å². The summed E-state index contributed by atoms with van der Waals surface area (Å²) in [7, 11) is 0. The molecule has 0 unspecified atom stereocenters. The second-order valence-electron chi connectivity index (χ2n) is 3.04. The average molecular weight is 282 g/mol. The standard InChI is InChI=1S/C11H9BrFN3/c12-8-9-10(13)2-1-3-11(9)16(6-4-14)7-5-15/h1-3H,6-8H2. The number of alkyl halides is 1. The molecule has 1 aromatic rings. The molecule has 0 aromatic heterocycles. The summed E-state index contributed by atoms with van der Waals surface area (Å²) in [6.45, 7) is 0.133. The summed E-state index contributed by atoms with van der Waals surface area (Å²) >= 11 is 3.20. The van der Waals surface area contributed by atoms with E-state index in [1.54, 1.807) is 17.0 Å². The van der Waals surface area contributed by atoms with Crippen molar-refractivity contribution in [1.82, 2.24) is 0 Å². The Morgan fingerprint density at radius 1 is 1.25 bits per heavy atom. The molecule has 0 spiro atoms. The molecule has 0 aliphatic rings. The number of nitrogens with zero attached hydrogens (tertiary/aromatic N) is 3. The van der Waals surface area contributed by atoms with Gasteiger partial charge >= 0.3 is 0 Å². The highest BCUT2D eigenvalue weighted by molar-refractivity contribution is 9.08. The van der Waals surface area contributed by atoms with Gasteiger partial charge in [0.05, 0.1) is 12.1 Å². The Bertz CT molecular complexity index is 432. The molecule has 0 N–H and O–H groups in total. The third-order valence-electron chi connectivity index (χ3n) is 2.09. The lowest BCUT2D eigenvalue weighted by atomic mass is 10.1. The van der Waals surface area contributed by atoms with Gasteiger partial charge in [0.2, 0.25) is 0 Å². The summed E-state index contributed by atoms with van der Waals surface area (Å²) in [5.74, 6) is -0.338. The third-order valence-corrected chi connectivity index (χ3v) is 2.65. The molecule has 0 amide bonds. The number of hydrogen-bond acceptors (Lipinski definition) is 3. The van der Waals surface area contributed by atoms with Crippen LogP contribution in [0.2, 0.25) is 0 Å². The van der Waals surface area contributed by atoms with Crippen LogP contribution < -0.4 is 4.90 Å². The van der Waals surface area contributed by atoms with E-state index >= 15 is 0 Å². The maximum Gasteiger partial charge on any atom is 0.129 e. The van der Waals surface area contributed by atoms with Crippen molar-refractivity contribution in [2.24, 2.45) is 0 Å². The fraction of sp³-hybridized carbons (Fsp3) is 0.273. The van der Waals surface area contributed by atoms with Crippen LogP contribution in [0.5, 0.6) is 0 Å². The van der Waals surface area contributed by atoms with Crippen molar-refractivity contribution in [2.75, 3.05) is 18.0 Å². The highest BCUT2D eigenvalue weighted by Crippen LogP contribution is 2.25. The normalized spacial score (nSPS) is 9.25. The van der Waals surface area contributed by atoms with Crippen LogP contribution in [0.25, 0.3) is 0 Å². The van der Waals surface area contributed by atoms with Gasteiger partial charge in [-0.1, -0.05) is 22.0 Å². The second kappa shape index (κ2) is 6.09. The Balaban J connectivity index is 3.14. The Labute approximate surface area is 102 Å². The summed E-state index contributed by atoms with van der Waals surface area (Å²) in [5, 5.41) is 17.7. The fourth-order valence-corrected chi connectivity index (χ4v) is 1.93. The van der Waals surface area contributed by atoms with Crippen molar-refractivity contribution in [3.63, 3.8) is 0 Å². The minimum atomic E-state index is -0.338. The van der Waals surface area contributed by atoms with Gasteiger partial charge in [0.15, 0.2) is 0 Å². The molecule has 0 radical (unpaired) electrons. The monoisotopic (exact) mass is 281 g/mol. The molecule has 5 heteroatoms. The van der Waals surface area contributed by atoms with Gasteiger partial charge in [0.1, 0.15) is 18.9 Å². The van der Waals surface area contributed by atoms with E-state index in [9.17, 15) is 4.39 Å². The number of rotatable bonds is 4. The van der Waals surface area contributed by atoms with Gasteiger partial charge in [0.25, 0.3) is 0 Å². The lowest BCUT2D eigenvalue weighted by Crippen LogP contribution is -2.25. The third kappa shape index (κ3) is 2.71. The fourth-order valence-electron chi connectivity index (χ4n) is 1.37. The first-order valence-corrected chi connectivity index (χ1v) is 5.69. The van der Waals surface area contributed by atoms with Crippen molar-refractivity contribution in [2.45, 2.75) is 5.33 Å². The Morgan fingerprint density at radius 2 is 1.88 bits per heavy atom. The summed E-state index contributed by atoms with van der Waals surface area (Å²) < 4.78 is 13.5. The van der Waals surface area contributed by atoms with E-state index in [1.807, 2.05) is 12.1 Å². The number of benzene rings is 1. The smallest absolute Gasteiger partial charge is 0.129 e. The summed E-state index contributed by atoms with van der Waals surface area (Å²) in [6.07, 6.45) is 0. The van der Waals surface area contributed by atoms with E-state index in [-0.39, 0.29) is 18.9 Å². The minimum Gasteiger partial charge on any atom is -0.345 e. The van der Waals surface area contributed by atoms with Crippen LogP contribution in [0, 0.1) is 28.5 Å². The number of hydrogen-bond donors (Lipinski definition) is 0. The molecule has 16 heavy (non-hydrogen) atoms. The molecule has 3 nitrogen and oxygen atoms in total. The van der Waals surface area contributed by atoms with Crippen LogP contribution in [0.15, 0.2) is 18.2 Å². The molecule has 0 saturated carbocycles. The molecule has 0 heterocycles. The molecule has 0 aliphatic carbocycles. The zero-order valence-corrected chi connectivity index (χ0v) is 10.0. The van der Waals surface area contributed by atoms with Gasteiger partial charge in [-0.25, -0.2) is 4.39 Å². The van der Waals surface area contributed by atoms with Crippen LogP contribution in [0.4, 0.5) is 10.1 Å². The highest BCUT2D eigenvalue weighted by Gasteiger charge is 2.13. The van der Waals surface area contributed by atoms with Crippen LogP contribution in [0.3, 0.4) is 0 Å². The molecule has 1 rings (SSSR count). The molecule has 0 saturated heterocycles. The van der Waals surface area contributed by atoms with Crippen molar-refractivity contribution < 1.29 is 4.39 Å². The first kappa shape index (κ1) is 12.5. The molecule has 0 fully saturated rings. The van der Waals surface area contributed by atoms with Gasteiger partial charge in [-0.2, -0.15) is 10.5 Å². The van der Waals surface area contributed by atoms with E-state index in [0.29, 0.717) is 16.6 Å². The lowest BCUT2D eigenvalue weighted by Gasteiger charge is -2.21. The predicted molar refractivity (Wildman–Crippen MR) is 62.5 cm³/mol. The lowest BCUT2D eigenvalue weighted by molar-refractivity contribution is 0.617.